The molecule has 22 heavy (non-hydrogen) atoms. The van der Waals surface area contributed by atoms with Crippen LogP contribution in [0.25, 0.3) is 0 Å². The molecule has 0 N–H and O–H groups in total. The zero-order valence-corrected chi connectivity index (χ0v) is 17.2. The van der Waals surface area contributed by atoms with E-state index in [1.165, 1.54) is 23.5 Å². The van der Waals surface area contributed by atoms with E-state index >= 15 is 0 Å². The Bertz CT molecular complexity index is 474. The molecule has 2 rings (SSSR count). The molecule has 0 spiro atoms. The molecule has 0 aliphatic rings. The van der Waals surface area contributed by atoms with Crippen molar-refractivity contribution in [3.05, 3.63) is 71.8 Å². The Morgan fingerprint density at radius 2 is 0.818 bits per heavy atom. The van der Waals surface area contributed by atoms with Crippen molar-refractivity contribution >= 4 is 14.5 Å². The van der Waals surface area contributed by atoms with Crippen molar-refractivity contribution in [3.63, 3.8) is 0 Å². The van der Waals surface area contributed by atoms with Crippen LogP contribution in [-0.4, -0.2) is 40.0 Å². The maximum absolute atomic E-state index is 2.40. The van der Waals surface area contributed by atoms with Crippen molar-refractivity contribution in [2.24, 2.45) is 0 Å². The van der Waals surface area contributed by atoms with Crippen molar-refractivity contribution in [1.29, 1.82) is 0 Å². The molecule has 0 fully saturated rings. The van der Waals surface area contributed by atoms with Crippen LogP contribution in [0.15, 0.2) is 60.7 Å². The molecule has 0 aliphatic heterocycles. The second kappa shape index (κ2) is 8.81. The summed E-state index contributed by atoms with van der Waals surface area (Å²) in [5.74, 6) is 0. The van der Waals surface area contributed by atoms with Crippen LogP contribution in [0.1, 0.15) is 12.6 Å². The molecule has 0 atom stereocenters. The smallest absolute Gasteiger partial charge is 1.00 e. The van der Waals surface area contributed by atoms with E-state index in [1.54, 1.807) is 0 Å². The third-order valence-corrected chi connectivity index (χ3v) is 6.09. The number of hydrogen-bond donors (Lipinski definition) is 0. The Balaban J connectivity index is 0.000000403. The van der Waals surface area contributed by atoms with Crippen LogP contribution in [0.4, 0.5) is 0 Å². The van der Waals surface area contributed by atoms with Gasteiger partial charge in [0.05, 0.1) is 0 Å². The first-order chi connectivity index (χ1) is 10.2. The summed E-state index contributed by atoms with van der Waals surface area (Å²) in [5.41, 5.74) is 2.98. The molecular weight excluding hydrogens is 302 g/mol. The van der Waals surface area contributed by atoms with Crippen LogP contribution in [0.2, 0.25) is 0 Å². The van der Waals surface area contributed by atoms with Gasteiger partial charge in [0.25, 0.3) is 0 Å². The minimum absolute atomic E-state index is 0. The van der Waals surface area contributed by atoms with Crippen LogP contribution in [0.3, 0.4) is 0 Å². The molecular formula is C20H35P2+. The molecule has 0 amide bonds. The van der Waals surface area contributed by atoms with Gasteiger partial charge in [-0.2, -0.15) is 0 Å². The molecule has 0 aliphatic carbocycles. The second-order valence-corrected chi connectivity index (χ2v) is 19.4. The molecule has 0 radical (unpaired) electrons. The molecule has 0 saturated heterocycles. The fourth-order valence-electron chi connectivity index (χ4n) is 2.42. The summed E-state index contributed by atoms with van der Waals surface area (Å²) in [6, 6.07) is 21.5. The zero-order chi connectivity index (χ0) is 16.6. The fraction of sp³-hybridized carbons (Fsp3) is 0.400. The number of rotatable bonds is 4. The Morgan fingerprint density at radius 1 is 0.545 bits per heavy atom. The quantitative estimate of drug-likeness (QED) is 0.622. The maximum Gasteiger partial charge on any atom is 1.00 e. The van der Waals surface area contributed by atoms with Crippen LogP contribution < -0.4 is 0 Å². The first-order valence-electron chi connectivity index (χ1n) is 8.24. The van der Waals surface area contributed by atoms with Gasteiger partial charge in [0.2, 0.25) is 0 Å². The fourth-order valence-corrected chi connectivity index (χ4v) is 5.34. The van der Waals surface area contributed by atoms with E-state index in [1.807, 2.05) is 0 Å². The summed E-state index contributed by atoms with van der Waals surface area (Å²) in [6.07, 6.45) is 2.60. The van der Waals surface area contributed by atoms with Gasteiger partial charge in [-0.25, -0.2) is 0 Å². The van der Waals surface area contributed by atoms with Crippen molar-refractivity contribution in [2.75, 3.05) is 40.0 Å². The average molecular weight is 337 g/mol. The van der Waals surface area contributed by atoms with Gasteiger partial charge in [-0.15, -0.1) is 0 Å². The van der Waals surface area contributed by atoms with E-state index < -0.39 is 14.5 Å². The largest absolute Gasteiger partial charge is 1.00 e. The van der Waals surface area contributed by atoms with Crippen molar-refractivity contribution in [3.8, 4) is 0 Å². The SMILES string of the molecule is C[PH](C)(C)Cc1ccccc1.C[PH](C)(C)Cc1ccccc1.[H+]. The van der Waals surface area contributed by atoms with E-state index in [0.29, 0.717) is 0 Å². The van der Waals surface area contributed by atoms with E-state index in [9.17, 15) is 0 Å². The molecule has 2 heteroatoms. The topological polar surface area (TPSA) is 0 Å². The second-order valence-electron chi connectivity index (χ2n) is 8.45. The van der Waals surface area contributed by atoms with Gasteiger partial charge in [-0.3, -0.25) is 0 Å². The molecule has 2 aromatic carbocycles. The molecule has 124 valence electrons. The van der Waals surface area contributed by atoms with Gasteiger partial charge in [0.15, 0.2) is 0 Å². The van der Waals surface area contributed by atoms with Crippen LogP contribution in [0, 0.1) is 0 Å². The van der Waals surface area contributed by atoms with Gasteiger partial charge < -0.3 is 0 Å². The summed E-state index contributed by atoms with van der Waals surface area (Å²) in [4.78, 5) is 0. The van der Waals surface area contributed by atoms with Gasteiger partial charge in [-0.05, 0) is 0 Å². The van der Waals surface area contributed by atoms with E-state index in [0.717, 1.165) is 0 Å². The molecule has 0 unspecified atom stereocenters. The number of benzene rings is 2. The molecule has 0 heterocycles. The van der Waals surface area contributed by atoms with Gasteiger partial charge in [-0.1, -0.05) is 0 Å². The van der Waals surface area contributed by atoms with E-state index in [4.69, 9.17) is 0 Å². The summed E-state index contributed by atoms with van der Waals surface area (Å²) >= 11 is 0. The third kappa shape index (κ3) is 10.1. The predicted octanol–water partition coefficient (Wildman–Crippen LogP) is 5.76. The van der Waals surface area contributed by atoms with Crippen molar-refractivity contribution in [2.45, 2.75) is 12.3 Å². The zero-order valence-electron chi connectivity index (χ0n) is 16.2. The minimum Gasteiger partial charge on any atom is 1.00 e. The molecule has 2 aromatic rings. The number of hydrogen-bond acceptors (Lipinski definition) is 0. The predicted molar refractivity (Wildman–Crippen MR) is 114 cm³/mol. The van der Waals surface area contributed by atoms with Gasteiger partial charge in [0, 0.05) is 0 Å². The van der Waals surface area contributed by atoms with Crippen LogP contribution in [-0.2, 0) is 12.3 Å². The van der Waals surface area contributed by atoms with Crippen molar-refractivity contribution < 1.29 is 1.43 Å². The summed E-state index contributed by atoms with van der Waals surface area (Å²) in [5, 5.41) is 0. The monoisotopic (exact) mass is 337 g/mol. The van der Waals surface area contributed by atoms with E-state index in [2.05, 4.69) is 101 Å². The average Bonchev–Trinajstić information content (AvgIpc) is 2.38. The Labute approximate surface area is 140 Å². The van der Waals surface area contributed by atoms with Crippen molar-refractivity contribution in [1.82, 2.24) is 0 Å². The third-order valence-electron chi connectivity index (χ3n) is 3.15. The molecule has 0 aromatic heterocycles. The standard InChI is InChI=1S/2C10H17P/c2*1-11(2,3)9-10-7-5-4-6-8-10/h2*4-8,11H,9H2,1-3H3/p+1. The van der Waals surface area contributed by atoms with Crippen LogP contribution >= 0.6 is 14.5 Å². The Hall–Kier alpha value is -0.700. The summed E-state index contributed by atoms with van der Waals surface area (Å²) < 4.78 is 0. The van der Waals surface area contributed by atoms with E-state index in [-0.39, 0.29) is 1.43 Å². The normalized spacial score (nSPS) is 13.0. The van der Waals surface area contributed by atoms with Crippen LogP contribution in [0.5, 0.6) is 0 Å². The van der Waals surface area contributed by atoms with Gasteiger partial charge >= 0.3 is 140 Å². The Kier molecular flexibility index (Phi) is 7.75. The summed E-state index contributed by atoms with van der Waals surface area (Å²) in [6.45, 7) is 14.4. The minimum atomic E-state index is -0.898. The Morgan fingerprint density at radius 3 is 1.05 bits per heavy atom. The van der Waals surface area contributed by atoms with Gasteiger partial charge in [0.1, 0.15) is 0 Å². The molecule has 0 nitrogen and oxygen atoms in total. The summed E-state index contributed by atoms with van der Waals surface area (Å²) in [7, 11) is -1.80. The molecule has 0 saturated carbocycles. The first-order valence-corrected chi connectivity index (χ1v) is 15.6. The maximum atomic E-state index is 2.40. The molecule has 0 bridgehead atoms. The first kappa shape index (κ1) is 19.3.